The fraction of sp³-hybridized carbons (Fsp3) is 0.200. The van der Waals surface area contributed by atoms with Crippen LogP contribution >= 0.6 is 0 Å². The molecule has 31 heavy (non-hydrogen) atoms. The molecule has 5 nitrogen and oxygen atoms in total. The van der Waals surface area contributed by atoms with Gasteiger partial charge in [-0.25, -0.2) is 4.68 Å². The molecule has 0 aliphatic rings. The van der Waals surface area contributed by atoms with Crippen molar-refractivity contribution >= 4 is 17.3 Å². The number of halogens is 6. The first-order chi connectivity index (χ1) is 14.4. The Bertz CT molecular complexity index is 1080. The summed E-state index contributed by atoms with van der Waals surface area (Å²) in [6.45, 7) is 0. The lowest BCUT2D eigenvalue weighted by Crippen LogP contribution is -2.15. The Morgan fingerprint density at radius 2 is 1.58 bits per heavy atom. The summed E-state index contributed by atoms with van der Waals surface area (Å²) in [7, 11) is 3.62. The van der Waals surface area contributed by atoms with E-state index < -0.39 is 29.6 Å². The smallest absolute Gasteiger partial charge is 0.378 e. The maximum absolute atomic E-state index is 13.2. The average Bonchev–Trinajstić information content (AvgIpc) is 3.15. The van der Waals surface area contributed by atoms with Crippen LogP contribution in [0.3, 0.4) is 0 Å². The van der Waals surface area contributed by atoms with Crippen molar-refractivity contribution in [1.82, 2.24) is 9.78 Å². The molecule has 0 saturated heterocycles. The largest absolute Gasteiger partial charge is 0.435 e. The van der Waals surface area contributed by atoms with E-state index in [0.717, 1.165) is 17.8 Å². The third-order valence-corrected chi connectivity index (χ3v) is 4.28. The molecule has 1 N–H and O–H groups in total. The number of aromatic nitrogens is 2. The summed E-state index contributed by atoms with van der Waals surface area (Å²) in [5.74, 6) is -0.453. The molecule has 0 saturated carbocycles. The van der Waals surface area contributed by atoms with Crippen molar-refractivity contribution in [3.8, 4) is 5.69 Å². The topological polar surface area (TPSA) is 50.2 Å². The van der Waals surface area contributed by atoms with Gasteiger partial charge in [-0.05, 0) is 42.5 Å². The molecule has 0 unspecified atom stereocenters. The molecular formula is C20H16F6N4O. The van der Waals surface area contributed by atoms with E-state index in [1.165, 1.54) is 12.1 Å². The zero-order chi connectivity index (χ0) is 23.0. The number of anilines is 2. The van der Waals surface area contributed by atoms with Crippen LogP contribution in [0.4, 0.5) is 37.7 Å². The van der Waals surface area contributed by atoms with Crippen molar-refractivity contribution in [2.75, 3.05) is 24.3 Å². The third kappa shape index (κ3) is 4.98. The number of benzene rings is 2. The SMILES string of the molecule is CN(C)c1cccc(C(=O)Nc2ccc(-n3nc(C(F)(F)F)cc3C(F)(F)F)cc2)c1. The highest BCUT2D eigenvalue weighted by Crippen LogP contribution is 2.36. The molecular weight excluding hydrogens is 426 g/mol. The summed E-state index contributed by atoms with van der Waals surface area (Å²) in [5, 5.41) is 5.65. The second-order valence-electron chi connectivity index (χ2n) is 6.77. The van der Waals surface area contributed by atoms with E-state index in [-0.39, 0.29) is 22.1 Å². The Hall–Kier alpha value is -3.50. The second kappa shape index (κ2) is 7.97. The molecule has 0 aliphatic carbocycles. The number of carbonyl (C=O) groups excluding carboxylic acids is 1. The first kappa shape index (κ1) is 22.2. The van der Waals surface area contributed by atoms with Crippen LogP contribution in [0.25, 0.3) is 5.69 Å². The quantitative estimate of drug-likeness (QED) is 0.563. The van der Waals surface area contributed by atoms with Crippen molar-refractivity contribution in [1.29, 1.82) is 0 Å². The van der Waals surface area contributed by atoms with Crippen molar-refractivity contribution in [2.24, 2.45) is 0 Å². The van der Waals surface area contributed by atoms with Crippen molar-refractivity contribution in [3.63, 3.8) is 0 Å². The molecule has 11 heteroatoms. The van der Waals surface area contributed by atoms with Gasteiger partial charge in [0.25, 0.3) is 5.91 Å². The number of nitrogens with zero attached hydrogens (tertiary/aromatic N) is 3. The number of hydrogen-bond donors (Lipinski definition) is 1. The molecule has 164 valence electrons. The van der Waals surface area contributed by atoms with Crippen LogP contribution in [0.5, 0.6) is 0 Å². The lowest BCUT2D eigenvalue weighted by Gasteiger charge is -2.14. The fourth-order valence-electron chi connectivity index (χ4n) is 2.73. The maximum atomic E-state index is 13.2. The van der Waals surface area contributed by atoms with Gasteiger partial charge < -0.3 is 10.2 Å². The molecule has 0 radical (unpaired) electrons. The molecule has 3 rings (SSSR count). The van der Waals surface area contributed by atoms with Crippen LogP contribution in [0.1, 0.15) is 21.7 Å². The van der Waals surface area contributed by atoms with Crippen molar-refractivity contribution < 1.29 is 31.1 Å². The zero-order valence-corrected chi connectivity index (χ0v) is 16.2. The molecule has 1 aromatic heterocycles. The predicted octanol–water partition coefficient (Wildman–Crippen LogP) is 5.23. The summed E-state index contributed by atoms with van der Waals surface area (Å²) in [6, 6.07) is 11.5. The lowest BCUT2D eigenvalue weighted by atomic mass is 10.1. The molecule has 0 atom stereocenters. The first-order valence-electron chi connectivity index (χ1n) is 8.80. The van der Waals surface area contributed by atoms with E-state index in [1.807, 2.05) is 25.1 Å². The number of alkyl halides is 6. The molecule has 0 bridgehead atoms. The summed E-state index contributed by atoms with van der Waals surface area (Å²) >= 11 is 0. The van der Waals surface area contributed by atoms with Crippen LogP contribution in [0, 0.1) is 0 Å². The molecule has 0 aliphatic heterocycles. The van der Waals surface area contributed by atoms with Gasteiger partial charge in [-0.2, -0.15) is 31.4 Å². The number of amides is 1. The van der Waals surface area contributed by atoms with Crippen LogP contribution < -0.4 is 10.2 Å². The average molecular weight is 442 g/mol. The predicted molar refractivity (Wildman–Crippen MR) is 102 cm³/mol. The van der Waals surface area contributed by atoms with Crippen molar-refractivity contribution in [2.45, 2.75) is 12.4 Å². The molecule has 0 spiro atoms. The number of hydrogen-bond acceptors (Lipinski definition) is 3. The normalized spacial score (nSPS) is 12.0. The summed E-state index contributed by atoms with van der Waals surface area (Å²) in [5.41, 5.74) is -2.05. The van der Waals surface area contributed by atoms with Crippen LogP contribution in [-0.2, 0) is 12.4 Å². The monoisotopic (exact) mass is 442 g/mol. The Kier molecular flexibility index (Phi) is 5.70. The summed E-state index contributed by atoms with van der Waals surface area (Å²) < 4.78 is 78.2. The molecule has 3 aromatic rings. The van der Waals surface area contributed by atoms with Crippen LogP contribution in [0.2, 0.25) is 0 Å². The van der Waals surface area contributed by atoms with Gasteiger partial charge in [-0.15, -0.1) is 0 Å². The zero-order valence-electron chi connectivity index (χ0n) is 16.2. The van der Waals surface area contributed by atoms with Gasteiger partial charge in [0.05, 0.1) is 5.69 Å². The van der Waals surface area contributed by atoms with Gasteiger partial charge in [-0.1, -0.05) is 6.07 Å². The summed E-state index contributed by atoms with van der Waals surface area (Å²) in [4.78, 5) is 14.2. The highest BCUT2D eigenvalue weighted by molar-refractivity contribution is 6.04. The highest BCUT2D eigenvalue weighted by atomic mass is 19.4. The minimum absolute atomic E-state index is 0.0482. The van der Waals surface area contributed by atoms with Gasteiger partial charge >= 0.3 is 12.4 Å². The Balaban J connectivity index is 1.86. The van der Waals surface area contributed by atoms with E-state index in [9.17, 15) is 31.1 Å². The number of carbonyl (C=O) groups is 1. The highest BCUT2D eigenvalue weighted by Gasteiger charge is 2.42. The third-order valence-electron chi connectivity index (χ3n) is 4.28. The van der Waals surface area contributed by atoms with E-state index in [4.69, 9.17) is 0 Å². The minimum Gasteiger partial charge on any atom is -0.378 e. The lowest BCUT2D eigenvalue weighted by molar-refractivity contribution is -0.143. The molecule has 0 fully saturated rings. The fourth-order valence-corrected chi connectivity index (χ4v) is 2.73. The molecule has 1 heterocycles. The van der Waals surface area contributed by atoms with E-state index in [1.54, 1.807) is 18.2 Å². The van der Waals surface area contributed by atoms with E-state index in [2.05, 4.69) is 10.4 Å². The van der Waals surface area contributed by atoms with Crippen molar-refractivity contribution in [3.05, 3.63) is 71.5 Å². The maximum Gasteiger partial charge on any atom is 0.435 e. The van der Waals surface area contributed by atoms with Crippen LogP contribution in [-0.4, -0.2) is 29.8 Å². The Morgan fingerprint density at radius 3 is 2.13 bits per heavy atom. The standard InChI is InChI=1S/C20H16F6N4O/c1-29(2)15-5-3-4-12(10-15)18(31)27-13-6-8-14(9-7-13)30-17(20(24,25)26)11-16(28-30)19(21,22)23/h3-11H,1-2H3,(H,27,31). The van der Waals surface area contributed by atoms with E-state index >= 15 is 0 Å². The van der Waals surface area contributed by atoms with Gasteiger partial charge in [0.2, 0.25) is 0 Å². The Morgan fingerprint density at radius 1 is 0.935 bits per heavy atom. The van der Waals surface area contributed by atoms with Gasteiger partial charge in [-0.3, -0.25) is 4.79 Å². The molecule has 2 aromatic carbocycles. The van der Waals surface area contributed by atoms with Gasteiger partial charge in [0.15, 0.2) is 5.69 Å². The first-order valence-corrected chi connectivity index (χ1v) is 8.80. The summed E-state index contributed by atoms with van der Waals surface area (Å²) in [6.07, 6.45) is -10.1. The molecule has 1 amide bonds. The van der Waals surface area contributed by atoms with Gasteiger partial charge in [0, 0.05) is 37.1 Å². The number of nitrogens with one attached hydrogen (secondary N) is 1. The number of rotatable bonds is 4. The Labute approximate surface area is 172 Å². The van der Waals surface area contributed by atoms with E-state index in [0.29, 0.717) is 5.56 Å². The van der Waals surface area contributed by atoms with Gasteiger partial charge in [0.1, 0.15) is 5.69 Å². The van der Waals surface area contributed by atoms with Crippen LogP contribution in [0.15, 0.2) is 54.6 Å². The second-order valence-corrected chi connectivity index (χ2v) is 6.77. The minimum atomic E-state index is -5.04.